The van der Waals surface area contributed by atoms with Crippen LogP contribution in [0.3, 0.4) is 0 Å². The summed E-state index contributed by atoms with van der Waals surface area (Å²) in [4.78, 5) is 1.83. The molecule has 114 valence electrons. The van der Waals surface area contributed by atoms with Crippen LogP contribution < -0.4 is 19.7 Å². The van der Waals surface area contributed by atoms with Gasteiger partial charge in [-0.05, 0) is 24.4 Å². The van der Waals surface area contributed by atoms with Crippen LogP contribution in [0.25, 0.3) is 0 Å². The molecule has 0 aromatic heterocycles. The summed E-state index contributed by atoms with van der Waals surface area (Å²) in [6, 6.07) is 5.01. The second-order valence-electron chi connectivity index (χ2n) is 5.11. The van der Waals surface area contributed by atoms with E-state index >= 15 is 0 Å². The molecule has 1 aromatic carbocycles. The summed E-state index contributed by atoms with van der Waals surface area (Å²) in [6.45, 7) is 0. The molecule has 6 nitrogen and oxygen atoms in total. The van der Waals surface area contributed by atoms with Crippen LogP contribution in [0.4, 0.5) is 5.69 Å². The van der Waals surface area contributed by atoms with Crippen LogP contribution in [-0.2, 0) is 9.84 Å². The second-order valence-corrected chi connectivity index (χ2v) is 7.65. The molecule has 3 rings (SSSR count). The first-order chi connectivity index (χ1) is 9.95. The first-order valence-electron chi connectivity index (χ1n) is 6.47. The van der Waals surface area contributed by atoms with Crippen molar-refractivity contribution in [2.24, 2.45) is 0 Å². The molecule has 2 aliphatic heterocycles. The zero-order chi connectivity index (χ0) is 15.2. The SMILES string of the molecule is COc1ccc(OC)c(N2C(=S)NC3CS(=O)(=O)CC32)c1. The number of thiocarbonyl (C=S) groups is 1. The lowest BCUT2D eigenvalue weighted by molar-refractivity contribution is 0.403. The average Bonchev–Trinajstić information content (AvgIpc) is 2.88. The van der Waals surface area contributed by atoms with Gasteiger partial charge in [-0.3, -0.25) is 0 Å². The van der Waals surface area contributed by atoms with Crippen molar-refractivity contribution in [3.05, 3.63) is 18.2 Å². The molecule has 21 heavy (non-hydrogen) atoms. The van der Waals surface area contributed by atoms with E-state index < -0.39 is 9.84 Å². The van der Waals surface area contributed by atoms with Crippen LogP contribution >= 0.6 is 12.2 Å². The van der Waals surface area contributed by atoms with Gasteiger partial charge in [-0.1, -0.05) is 0 Å². The van der Waals surface area contributed by atoms with Gasteiger partial charge in [-0.2, -0.15) is 0 Å². The number of fused-ring (bicyclic) bond motifs is 1. The van der Waals surface area contributed by atoms with Gasteiger partial charge in [0.2, 0.25) is 0 Å². The van der Waals surface area contributed by atoms with Crippen molar-refractivity contribution >= 4 is 32.9 Å². The van der Waals surface area contributed by atoms with Crippen LogP contribution in [-0.4, -0.2) is 51.3 Å². The van der Waals surface area contributed by atoms with E-state index in [4.69, 9.17) is 21.7 Å². The van der Waals surface area contributed by atoms with E-state index in [0.29, 0.717) is 16.6 Å². The van der Waals surface area contributed by atoms with Crippen LogP contribution in [0.1, 0.15) is 0 Å². The number of nitrogens with zero attached hydrogens (tertiary/aromatic N) is 1. The van der Waals surface area contributed by atoms with Crippen molar-refractivity contribution in [3.8, 4) is 11.5 Å². The summed E-state index contributed by atoms with van der Waals surface area (Å²) in [5.74, 6) is 1.49. The minimum absolute atomic E-state index is 0.0885. The standard InChI is InChI=1S/C13H16N2O4S2/c1-18-8-3-4-12(19-2)10(5-8)15-11-7-21(16,17)6-9(11)14-13(15)20/h3-5,9,11H,6-7H2,1-2H3,(H,14,20). The minimum atomic E-state index is -3.04. The Balaban J connectivity index is 2.04. The number of nitrogens with one attached hydrogen (secondary N) is 1. The first-order valence-corrected chi connectivity index (χ1v) is 8.70. The molecule has 0 aliphatic carbocycles. The van der Waals surface area contributed by atoms with E-state index in [9.17, 15) is 8.42 Å². The van der Waals surface area contributed by atoms with E-state index in [1.54, 1.807) is 32.4 Å². The normalized spacial score (nSPS) is 26.4. The van der Waals surface area contributed by atoms with Crippen LogP contribution in [0.15, 0.2) is 18.2 Å². The number of rotatable bonds is 3. The summed E-state index contributed by atoms with van der Waals surface area (Å²) in [5, 5.41) is 3.61. The van der Waals surface area contributed by atoms with Crippen molar-refractivity contribution in [2.75, 3.05) is 30.6 Å². The molecule has 2 unspecified atom stereocenters. The number of benzene rings is 1. The largest absolute Gasteiger partial charge is 0.497 e. The Bertz CT molecular complexity index is 689. The van der Waals surface area contributed by atoms with Gasteiger partial charge >= 0.3 is 0 Å². The van der Waals surface area contributed by atoms with E-state index in [0.717, 1.165) is 5.69 Å². The third-order valence-electron chi connectivity index (χ3n) is 3.83. The highest BCUT2D eigenvalue weighted by Crippen LogP contribution is 2.37. The molecule has 1 N–H and O–H groups in total. The number of anilines is 1. The summed E-state index contributed by atoms with van der Waals surface area (Å²) in [7, 11) is 0.108. The van der Waals surface area contributed by atoms with Crippen molar-refractivity contribution < 1.29 is 17.9 Å². The van der Waals surface area contributed by atoms with Crippen LogP contribution in [0, 0.1) is 0 Å². The predicted octanol–water partition coefficient (Wildman–Crippen LogP) is 0.564. The summed E-state index contributed by atoms with van der Waals surface area (Å²) in [6.07, 6.45) is 0. The van der Waals surface area contributed by atoms with Crippen molar-refractivity contribution in [1.29, 1.82) is 0 Å². The quantitative estimate of drug-likeness (QED) is 0.813. The molecule has 0 amide bonds. The zero-order valence-corrected chi connectivity index (χ0v) is 13.3. The van der Waals surface area contributed by atoms with Gasteiger partial charge < -0.3 is 19.7 Å². The molecule has 2 fully saturated rings. The monoisotopic (exact) mass is 328 g/mol. The predicted molar refractivity (Wildman–Crippen MR) is 84.0 cm³/mol. The Morgan fingerprint density at radius 2 is 2.05 bits per heavy atom. The van der Waals surface area contributed by atoms with Gasteiger partial charge in [0.05, 0.1) is 43.5 Å². The summed E-state index contributed by atoms with van der Waals surface area (Å²) in [5.41, 5.74) is 0.721. The molecule has 2 heterocycles. The van der Waals surface area contributed by atoms with Gasteiger partial charge in [0.25, 0.3) is 0 Å². The van der Waals surface area contributed by atoms with Crippen molar-refractivity contribution in [2.45, 2.75) is 12.1 Å². The zero-order valence-electron chi connectivity index (χ0n) is 11.7. The van der Waals surface area contributed by atoms with Gasteiger partial charge in [0, 0.05) is 6.07 Å². The molecule has 2 saturated heterocycles. The third-order valence-corrected chi connectivity index (χ3v) is 5.86. The van der Waals surface area contributed by atoms with Gasteiger partial charge in [0.1, 0.15) is 11.5 Å². The Hall–Kier alpha value is -1.54. The topological polar surface area (TPSA) is 67.9 Å². The molecule has 1 aromatic rings. The number of hydrogen-bond donors (Lipinski definition) is 1. The number of hydrogen-bond acceptors (Lipinski definition) is 5. The Labute approximate surface area is 128 Å². The van der Waals surface area contributed by atoms with Gasteiger partial charge in [-0.25, -0.2) is 8.42 Å². The Morgan fingerprint density at radius 3 is 2.71 bits per heavy atom. The van der Waals surface area contributed by atoms with Crippen molar-refractivity contribution in [3.63, 3.8) is 0 Å². The minimum Gasteiger partial charge on any atom is -0.497 e. The lowest BCUT2D eigenvalue weighted by Gasteiger charge is -2.25. The van der Waals surface area contributed by atoms with Gasteiger partial charge in [0.15, 0.2) is 14.9 Å². The molecule has 0 saturated carbocycles. The molecular formula is C13H16N2O4S2. The highest BCUT2D eigenvalue weighted by Gasteiger charge is 2.48. The molecule has 2 atom stereocenters. The van der Waals surface area contributed by atoms with E-state index in [1.807, 2.05) is 4.90 Å². The maximum Gasteiger partial charge on any atom is 0.174 e. The number of methoxy groups -OCH3 is 2. The molecule has 0 spiro atoms. The van der Waals surface area contributed by atoms with Crippen molar-refractivity contribution in [1.82, 2.24) is 5.32 Å². The highest BCUT2D eigenvalue weighted by atomic mass is 32.2. The molecule has 0 bridgehead atoms. The van der Waals surface area contributed by atoms with Gasteiger partial charge in [-0.15, -0.1) is 0 Å². The maximum atomic E-state index is 11.8. The summed E-state index contributed by atoms with van der Waals surface area (Å²) < 4.78 is 34.3. The van der Waals surface area contributed by atoms with Crippen LogP contribution in [0.5, 0.6) is 11.5 Å². The van der Waals surface area contributed by atoms with Crippen LogP contribution in [0.2, 0.25) is 0 Å². The number of ether oxygens (including phenoxy) is 2. The fraction of sp³-hybridized carbons (Fsp3) is 0.462. The van der Waals surface area contributed by atoms with E-state index in [-0.39, 0.29) is 23.6 Å². The molecule has 2 aliphatic rings. The average molecular weight is 328 g/mol. The van der Waals surface area contributed by atoms with E-state index in [2.05, 4.69) is 5.32 Å². The van der Waals surface area contributed by atoms with E-state index in [1.165, 1.54) is 0 Å². The summed E-state index contributed by atoms with van der Waals surface area (Å²) >= 11 is 5.36. The fourth-order valence-corrected chi connectivity index (χ4v) is 5.15. The molecule has 8 heteroatoms. The third kappa shape index (κ3) is 2.42. The maximum absolute atomic E-state index is 11.8. The molecular weight excluding hydrogens is 312 g/mol. The highest BCUT2D eigenvalue weighted by molar-refractivity contribution is 7.91. The Morgan fingerprint density at radius 1 is 1.29 bits per heavy atom. The number of sulfone groups is 1. The Kier molecular flexibility index (Phi) is 3.45. The molecule has 0 radical (unpaired) electrons. The smallest absolute Gasteiger partial charge is 0.174 e. The second kappa shape index (κ2) is 5.03. The first kappa shape index (κ1) is 14.4. The lowest BCUT2D eigenvalue weighted by atomic mass is 10.1. The lowest BCUT2D eigenvalue weighted by Crippen LogP contribution is -2.37. The fourth-order valence-electron chi connectivity index (χ4n) is 2.87.